The fourth-order valence-electron chi connectivity index (χ4n) is 1.69. The lowest BCUT2D eigenvalue weighted by molar-refractivity contribution is 0.171. The van der Waals surface area contributed by atoms with Gasteiger partial charge in [-0.25, -0.2) is 0 Å². The standard InChI is InChI=1S/C11H10N2O4/c12-11-5-8(17-13-11)6-3-9-10(4-7(6)14)16-2-1-15-9/h3-5,14H,1-2H2,(H2,12,13). The van der Waals surface area contributed by atoms with E-state index < -0.39 is 0 Å². The summed E-state index contributed by atoms with van der Waals surface area (Å²) >= 11 is 0. The Morgan fingerprint density at radius 3 is 2.47 bits per heavy atom. The molecule has 2 aromatic rings. The summed E-state index contributed by atoms with van der Waals surface area (Å²) in [4.78, 5) is 0. The van der Waals surface area contributed by atoms with E-state index in [2.05, 4.69) is 5.16 Å². The first-order valence-electron chi connectivity index (χ1n) is 5.09. The summed E-state index contributed by atoms with van der Waals surface area (Å²) in [5, 5.41) is 13.4. The van der Waals surface area contributed by atoms with Crippen LogP contribution in [0.3, 0.4) is 0 Å². The molecule has 2 heterocycles. The van der Waals surface area contributed by atoms with Crippen molar-refractivity contribution in [1.82, 2.24) is 5.16 Å². The first kappa shape index (κ1) is 9.83. The maximum Gasteiger partial charge on any atom is 0.172 e. The van der Waals surface area contributed by atoms with E-state index in [1.54, 1.807) is 6.07 Å². The zero-order valence-electron chi connectivity index (χ0n) is 8.84. The number of aromatic nitrogens is 1. The molecule has 1 aliphatic rings. The summed E-state index contributed by atoms with van der Waals surface area (Å²) in [5.74, 6) is 1.76. The topological polar surface area (TPSA) is 90.7 Å². The maximum absolute atomic E-state index is 9.87. The second-order valence-electron chi connectivity index (χ2n) is 3.63. The van der Waals surface area contributed by atoms with Gasteiger partial charge in [-0.2, -0.15) is 0 Å². The first-order valence-corrected chi connectivity index (χ1v) is 5.09. The lowest BCUT2D eigenvalue weighted by Gasteiger charge is -2.19. The van der Waals surface area contributed by atoms with Crippen molar-refractivity contribution in [3.05, 3.63) is 18.2 Å². The van der Waals surface area contributed by atoms with Crippen molar-refractivity contribution in [3.8, 4) is 28.6 Å². The number of phenolic OH excluding ortho intramolecular Hbond substituents is 1. The number of nitrogens with two attached hydrogens (primary N) is 1. The van der Waals surface area contributed by atoms with Gasteiger partial charge in [0.1, 0.15) is 19.0 Å². The Morgan fingerprint density at radius 2 is 1.82 bits per heavy atom. The number of rotatable bonds is 1. The Morgan fingerprint density at radius 1 is 1.12 bits per heavy atom. The molecule has 0 amide bonds. The van der Waals surface area contributed by atoms with Crippen LogP contribution in [0.1, 0.15) is 0 Å². The second kappa shape index (κ2) is 3.58. The summed E-state index contributed by atoms with van der Waals surface area (Å²) in [5.41, 5.74) is 5.93. The van der Waals surface area contributed by atoms with Crippen LogP contribution >= 0.6 is 0 Å². The van der Waals surface area contributed by atoms with Crippen LogP contribution < -0.4 is 15.2 Å². The van der Waals surface area contributed by atoms with E-state index in [1.807, 2.05) is 0 Å². The molecule has 0 saturated carbocycles. The van der Waals surface area contributed by atoms with Crippen molar-refractivity contribution in [2.45, 2.75) is 0 Å². The lowest BCUT2D eigenvalue weighted by Crippen LogP contribution is -2.15. The summed E-state index contributed by atoms with van der Waals surface area (Å²) in [6.07, 6.45) is 0. The summed E-state index contributed by atoms with van der Waals surface area (Å²) in [6, 6.07) is 4.66. The first-order chi connectivity index (χ1) is 8.24. The van der Waals surface area contributed by atoms with Crippen LogP contribution in [-0.4, -0.2) is 23.5 Å². The summed E-state index contributed by atoms with van der Waals surface area (Å²) in [6.45, 7) is 0.955. The van der Waals surface area contributed by atoms with E-state index >= 15 is 0 Å². The van der Waals surface area contributed by atoms with Crippen LogP contribution in [0.5, 0.6) is 17.2 Å². The molecule has 88 valence electrons. The zero-order valence-corrected chi connectivity index (χ0v) is 8.84. The van der Waals surface area contributed by atoms with E-state index in [1.165, 1.54) is 12.1 Å². The number of nitrogens with zero attached hydrogens (tertiary/aromatic N) is 1. The van der Waals surface area contributed by atoms with E-state index in [9.17, 15) is 5.11 Å². The molecular formula is C11H10N2O4. The number of nitrogen functional groups attached to an aromatic ring is 1. The molecule has 1 aromatic heterocycles. The highest BCUT2D eigenvalue weighted by Crippen LogP contribution is 2.41. The minimum Gasteiger partial charge on any atom is -0.507 e. The number of aromatic hydroxyl groups is 1. The highest BCUT2D eigenvalue weighted by atomic mass is 16.6. The van der Waals surface area contributed by atoms with Crippen LogP contribution in [-0.2, 0) is 0 Å². The fraction of sp³-hybridized carbons (Fsp3) is 0.182. The molecule has 0 unspecified atom stereocenters. The minimum absolute atomic E-state index is 0.0328. The third-order valence-corrected chi connectivity index (χ3v) is 2.45. The molecule has 3 N–H and O–H groups in total. The van der Waals surface area contributed by atoms with Gasteiger partial charge in [0.05, 0.1) is 5.56 Å². The normalized spacial score (nSPS) is 13.6. The number of hydrogen-bond acceptors (Lipinski definition) is 6. The largest absolute Gasteiger partial charge is 0.507 e. The van der Waals surface area contributed by atoms with Gasteiger partial charge in [-0.3, -0.25) is 0 Å². The minimum atomic E-state index is 0.0328. The van der Waals surface area contributed by atoms with Gasteiger partial charge in [0.2, 0.25) is 0 Å². The maximum atomic E-state index is 9.87. The SMILES string of the molecule is Nc1cc(-c2cc3c(cc2O)OCCO3)on1. The molecule has 3 rings (SSSR count). The highest BCUT2D eigenvalue weighted by Gasteiger charge is 2.18. The van der Waals surface area contributed by atoms with Crippen molar-refractivity contribution < 1.29 is 19.1 Å². The third-order valence-electron chi connectivity index (χ3n) is 2.45. The second-order valence-corrected chi connectivity index (χ2v) is 3.63. The molecule has 17 heavy (non-hydrogen) atoms. The average molecular weight is 234 g/mol. The molecule has 0 fully saturated rings. The van der Waals surface area contributed by atoms with Gasteiger partial charge < -0.3 is 24.8 Å². The number of anilines is 1. The predicted octanol–water partition coefficient (Wildman–Crippen LogP) is 1.40. The van der Waals surface area contributed by atoms with E-state index in [-0.39, 0.29) is 11.6 Å². The van der Waals surface area contributed by atoms with Crippen LogP contribution in [0.25, 0.3) is 11.3 Å². The number of benzene rings is 1. The van der Waals surface area contributed by atoms with Crippen molar-refractivity contribution in [2.75, 3.05) is 18.9 Å². The number of fused-ring (bicyclic) bond motifs is 1. The van der Waals surface area contributed by atoms with Crippen molar-refractivity contribution in [1.29, 1.82) is 0 Å². The molecule has 6 nitrogen and oxygen atoms in total. The molecular weight excluding hydrogens is 224 g/mol. The monoisotopic (exact) mass is 234 g/mol. The smallest absolute Gasteiger partial charge is 0.172 e. The molecule has 0 spiro atoms. The van der Waals surface area contributed by atoms with E-state index in [0.717, 1.165) is 0 Å². The number of hydrogen-bond donors (Lipinski definition) is 2. The average Bonchev–Trinajstić information content (AvgIpc) is 2.75. The van der Waals surface area contributed by atoms with Gasteiger partial charge >= 0.3 is 0 Å². The van der Waals surface area contributed by atoms with Crippen molar-refractivity contribution in [3.63, 3.8) is 0 Å². The molecule has 1 aromatic carbocycles. The van der Waals surface area contributed by atoms with E-state index in [4.69, 9.17) is 19.7 Å². The summed E-state index contributed by atoms with van der Waals surface area (Å²) in [7, 11) is 0. The molecule has 0 bridgehead atoms. The molecule has 0 saturated heterocycles. The number of phenols is 1. The van der Waals surface area contributed by atoms with E-state index in [0.29, 0.717) is 36.0 Å². The Hall–Kier alpha value is -2.37. The lowest BCUT2D eigenvalue weighted by atomic mass is 10.1. The van der Waals surface area contributed by atoms with Gasteiger partial charge in [0.25, 0.3) is 0 Å². The third kappa shape index (κ3) is 1.63. The van der Waals surface area contributed by atoms with Gasteiger partial charge in [0.15, 0.2) is 23.1 Å². The quantitative estimate of drug-likeness (QED) is 0.775. The van der Waals surface area contributed by atoms with Gasteiger partial charge in [-0.15, -0.1) is 0 Å². The van der Waals surface area contributed by atoms with Gasteiger partial charge in [0, 0.05) is 12.1 Å². The number of ether oxygens (including phenoxy) is 2. The van der Waals surface area contributed by atoms with Gasteiger partial charge in [-0.05, 0) is 6.07 Å². The Labute approximate surface area is 96.5 Å². The van der Waals surface area contributed by atoms with Crippen LogP contribution in [0.2, 0.25) is 0 Å². The van der Waals surface area contributed by atoms with Crippen LogP contribution in [0.15, 0.2) is 22.7 Å². The Kier molecular flexibility index (Phi) is 2.07. The predicted molar refractivity (Wildman–Crippen MR) is 59.0 cm³/mol. The summed E-state index contributed by atoms with van der Waals surface area (Å²) < 4.78 is 15.8. The fourth-order valence-corrected chi connectivity index (χ4v) is 1.69. The Bertz CT molecular complexity index is 565. The molecule has 0 radical (unpaired) electrons. The zero-order chi connectivity index (χ0) is 11.8. The van der Waals surface area contributed by atoms with Crippen LogP contribution in [0, 0.1) is 0 Å². The molecule has 6 heteroatoms. The van der Waals surface area contributed by atoms with Crippen molar-refractivity contribution >= 4 is 5.82 Å². The Balaban J connectivity index is 2.11. The van der Waals surface area contributed by atoms with Crippen molar-refractivity contribution in [2.24, 2.45) is 0 Å². The molecule has 1 aliphatic heterocycles. The molecule has 0 aliphatic carbocycles. The molecule has 0 atom stereocenters. The van der Waals surface area contributed by atoms with Crippen LogP contribution in [0.4, 0.5) is 5.82 Å². The van der Waals surface area contributed by atoms with Gasteiger partial charge in [-0.1, -0.05) is 5.16 Å². The highest BCUT2D eigenvalue weighted by molar-refractivity contribution is 5.71.